The van der Waals surface area contributed by atoms with Crippen LogP contribution in [0, 0.1) is 6.92 Å². The van der Waals surface area contributed by atoms with E-state index in [9.17, 15) is 5.11 Å². The summed E-state index contributed by atoms with van der Waals surface area (Å²) in [6.45, 7) is 8.64. The molecule has 0 fully saturated rings. The summed E-state index contributed by atoms with van der Waals surface area (Å²) in [4.78, 5) is 4.75. The van der Waals surface area contributed by atoms with Crippen LogP contribution in [-0.4, -0.2) is 42.9 Å². The van der Waals surface area contributed by atoms with Crippen LogP contribution in [0.3, 0.4) is 0 Å². The molecule has 4 nitrogen and oxygen atoms in total. The third kappa shape index (κ3) is 3.86. The van der Waals surface area contributed by atoms with Gasteiger partial charge in [-0.3, -0.25) is 4.90 Å². The Labute approximate surface area is 141 Å². The molecule has 0 radical (unpaired) electrons. The number of aryl methyl sites for hydroxylation is 1. The summed E-state index contributed by atoms with van der Waals surface area (Å²) in [5, 5.41) is 10.4. The van der Waals surface area contributed by atoms with Crippen molar-refractivity contribution in [2.45, 2.75) is 20.4 Å². The Morgan fingerprint density at radius 2 is 2.22 bits per heavy atom. The summed E-state index contributed by atoms with van der Waals surface area (Å²) in [7, 11) is 0. The monoisotopic (exact) mass is 333 g/mol. The van der Waals surface area contributed by atoms with E-state index in [1.54, 1.807) is 17.4 Å². The van der Waals surface area contributed by atoms with E-state index in [0.29, 0.717) is 12.4 Å². The molecule has 0 atom stereocenters. The van der Waals surface area contributed by atoms with Crippen molar-refractivity contribution < 1.29 is 14.6 Å². The van der Waals surface area contributed by atoms with Crippen LogP contribution in [0.5, 0.6) is 11.5 Å². The normalized spacial score (nSPS) is 15.0. The minimum absolute atomic E-state index is 0.232. The lowest BCUT2D eigenvalue weighted by molar-refractivity contribution is 0.107. The van der Waals surface area contributed by atoms with Gasteiger partial charge in [-0.15, -0.1) is 11.3 Å². The Balaban J connectivity index is 1.85. The number of hydrogen-bond acceptors (Lipinski definition) is 5. The van der Waals surface area contributed by atoms with Crippen LogP contribution in [0.25, 0.3) is 10.4 Å². The topological polar surface area (TPSA) is 41.9 Å². The van der Waals surface area contributed by atoms with Gasteiger partial charge in [0.2, 0.25) is 0 Å². The van der Waals surface area contributed by atoms with Gasteiger partial charge < -0.3 is 14.6 Å². The Bertz CT molecular complexity index is 668. The van der Waals surface area contributed by atoms with Gasteiger partial charge in [0.25, 0.3) is 0 Å². The molecule has 0 aliphatic carbocycles. The molecule has 0 amide bonds. The molecule has 1 aromatic carbocycles. The minimum Gasteiger partial charge on any atom is -0.504 e. The fourth-order valence-electron chi connectivity index (χ4n) is 2.81. The van der Waals surface area contributed by atoms with E-state index in [1.165, 1.54) is 9.75 Å². The van der Waals surface area contributed by atoms with Gasteiger partial charge in [0.05, 0.1) is 6.61 Å². The Morgan fingerprint density at radius 3 is 2.96 bits per heavy atom. The Kier molecular flexibility index (Phi) is 5.20. The van der Waals surface area contributed by atoms with E-state index >= 15 is 0 Å². The average Bonchev–Trinajstić information content (AvgIpc) is 2.85. The number of rotatable bonds is 5. The zero-order chi connectivity index (χ0) is 16.2. The minimum atomic E-state index is 0.232. The third-order valence-electron chi connectivity index (χ3n) is 3.97. The van der Waals surface area contributed by atoms with Crippen molar-refractivity contribution in [3.63, 3.8) is 0 Å². The molecule has 1 aromatic heterocycles. The highest BCUT2D eigenvalue weighted by molar-refractivity contribution is 7.15. The van der Waals surface area contributed by atoms with Gasteiger partial charge in [0.1, 0.15) is 6.61 Å². The van der Waals surface area contributed by atoms with E-state index in [1.807, 2.05) is 6.92 Å². The van der Waals surface area contributed by atoms with Crippen molar-refractivity contribution in [1.29, 1.82) is 0 Å². The Hall–Kier alpha value is -1.56. The highest BCUT2D eigenvalue weighted by Gasteiger charge is 2.20. The summed E-state index contributed by atoms with van der Waals surface area (Å²) in [6, 6.07) is 8.15. The standard InChI is InChI=1S/C18H23NO3S/c1-3-21-8-6-19-7-9-22-18-15(12-19)10-14(11-16(18)20)17-5-4-13(2)23-17/h4-5,10-11,20H,3,6-9,12H2,1-2H3. The van der Waals surface area contributed by atoms with Crippen LogP contribution in [-0.2, 0) is 11.3 Å². The maximum absolute atomic E-state index is 10.4. The SMILES string of the molecule is CCOCCN1CCOc2c(O)cc(-c3ccc(C)s3)cc2C1. The van der Waals surface area contributed by atoms with Crippen LogP contribution in [0.4, 0.5) is 0 Å². The number of phenolic OH excluding ortho intramolecular Hbond substituents is 1. The second kappa shape index (κ2) is 7.34. The molecule has 3 rings (SSSR count). The molecule has 0 saturated carbocycles. The summed E-state index contributed by atoms with van der Waals surface area (Å²) in [6.07, 6.45) is 0. The second-order valence-electron chi connectivity index (χ2n) is 5.72. The van der Waals surface area contributed by atoms with Crippen molar-refractivity contribution >= 4 is 11.3 Å². The van der Waals surface area contributed by atoms with Gasteiger partial charge in [0.15, 0.2) is 11.5 Å². The van der Waals surface area contributed by atoms with Gasteiger partial charge in [-0.25, -0.2) is 0 Å². The lowest BCUT2D eigenvalue weighted by atomic mass is 10.1. The molecule has 0 unspecified atom stereocenters. The van der Waals surface area contributed by atoms with E-state index in [4.69, 9.17) is 9.47 Å². The molecule has 1 N–H and O–H groups in total. The molecule has 1 aliphatic heterocycles. The molecule has 0 spiro atoms. The lowest BCUT2D eigenvalue weighted by Gasteiger charge is -2.19. The van der Waals surface area contributed by atoms with Crippen molar-refractivity contribution in [3.8, 4) is 21.9 Å². The number of aromatic hydroxyl groups is 1. The predicted molar refractivity (Wildman–Crippen MR) is 93.4 cm³/mol. The Morgan fingerprint density at radius 1 is 1.35 bits per heavy atom. The molecular weight excluding hydrogens is 310 g/mol. The van der Waals surface area contributed by atoms with Crippen LogP contribution < -0.4 is 4.74 Å². The summed E-state index contributed by atoms with van der Waals surface area (Å²) in [5.41, 5.74) is 2.09. The maximum atomic E-state index is 10.4. The number of fused-ring (bicyclic) bond motifs is 1. The van der Waals surface area contributed by atoms with Gasteiger partial charge in [-0.05, 0) is 43.7 Å². The number of benzene rings is 1. The lowest BCUT2D eigenvalue weighted by Crippen LogP contribution is -2.29. The molecule has 1 aliphatic rings. The zero-order valence-electron chi connectivity index (χ0n) is 13.7. The van der Waals surface area contributed by atoms with E-state index in [2.05, 4.69) is 30.0 Å². The molecule has 124 valence electrons. The van der Waals surface area contributed by atoms with Gasteiger partial charge >= 0.3 is 0 Å². The molecular formula is C18H23NO3S. The first-order valence-corrected chi connectivity index (χ1v) is 8.84. The largest absolute Gasteiger partial charge is 0.504 e. The fraction of sp³-hybridized carbons (Fsp3) is 0.444. The molecule has 2 heterocycles. The van der Waals surface area contributed by atoms with Crippen molar-refractivity contribution in [3.05, 3.63) is 34.7 Å². The summed E-state index contributed by atoms with van der Waals surface area (Å²) >= 11 is 1.74. The molecule has 5 heteroatoms. The maximum Gasteiger partial charge on any atom is 0.165 e. The first-order valence-electron chi connectivity index (χ1n) is 8.03. The van der Waals surface area contributed by atoms with Gasteiger partial charge in [-0.1, -0.05) is 0 Å². The smallest absolute Gasteiger partial charge is 0.165 e. The number of thiophene rings is 1. The molecule has 0 saturated heterocycles. The number of hydrogen-bond donors (Lipinski definition) is 1. The van der Waals surface area contributed by atoms with E-state index in [-0.39, 0.29) is 5.75 Å². The first-order chi connectivity index (χ1) is 11.2. The number of nitrogens with zero attached hydrogens (tertiary/aromatic N) is 1. The third-order valence-corrected chi connectivity index (χ3v) is 5.02. The predicted octanol–water partition coefficient (Wildman–Crippen LogP) is 3.66. The van der Waals surface area contributed by atoms with E-state index < -0.39 is 0 Å². The highest BCUT2D eigenvalue weighted by atomic mass is 32.1. The number of phenols is 1. The quantitative estimate of drug-likeness (QED) is 0.848. The summed E-state index contributed by atoms with van der Waals surface area (Å²) in [5.74, 6) is 0.858. The first kappa shape index (κ1) is 16.3. The zero-order valence-corrected chi connectivity index (χ0v) is 14.5. The van der Waals surface area contributed by atoms with Crippen LogP contribution >= 0.6 is 11.3 Å². The average molecular weight is 333 g/mol. The van der Waals surface area contributed by atoms with E-state index in [0.717, 1.165) is 44.0 Å². The van der Waals surface area contributed by atoms with Crippen molar-refractivity contribution in [2.24, 2.45) is 0 Å². The molecule has 0 bridgehead atoms. The number of ether oxygens (including phenoxy) is 2. The van der Waals surface area contributed by atoms with Crippen molar-refractivity contribution in [2.75, 3.05) is 32.9 Å². The van der Waals surface area contributed by atoms with Crippen molar-refractivity contribution in [1.82, 2.24) is 4.90 Å². The fourth-order valence-corrected chi connectivity index (χ4v) is 3.67. The second-order valence-corrected chi connectivity index (χ2v) is 7.00. The van der Waals surface area contributed by atoms with Crippen LogP contribution in [0.2, 0.25) is 0 Å². The van der Waals surface area contributed by atoms with Crippen LogP contribution in [0.1, 0.15) is 17.4 Å². The van der Waals surface area contributed by atoms with Crippen LogP contribution in [0.15, 0.2) is 24.3 Å². The molecule has 23 heavy (non-hydrogen) atoms. The van der Waals surface area contributed by atoms with Gasteiger partial charge in [0, 0.05) is 41.6 Å². The highest BCUT2D eigenvalue weighted by Crippen LogP contribution is 2.39. The summed E-state index contributed by atoms with van der Waals surface area (Å²) < 4.78 is 11.2. The molecule has 2 aromatic rings. The van der Waals surface area contributed by atoms with Gasteiger partial charge in [-0.2, -0.15) is 0 Å².